The lowest BCUT2D eigenvalue weighted by atomic mass is 10.0. The molecule has 150 valence electrons. The van der Waals surface area contributed by atoms with Crippen molar-refractivity contribution in [3.63, 3.8) is 0 Å². The first-order valence-electron chi connectivity index (χ1n) is 9.95. The fourth-order valence-electron chi connectivity index (χ4n) is 3.65. The third-order valence-corrected chi connectivity index (χ3v) is 5.45. The summed E-state index contributed by atoms with van der Waals surface area (Å²) in [7, 11) is 0. The second-order valence-corrected chi connectivity index (χ2v) is 7.72. The molecule has 3 aromatic carbocycles. The van der Waals surface area contributed by atoms with Gasteiger partial charge < -0.3 is 4.90 Å². The molecular weight excluding hydrogens is 406 g/mol. The lowest BCUT2D eigenvalue weighted by molar-refractivity contribution is 0.100. The number of rotatable bonds is 2. The number of fused-ring (bicyclic) bond motifs is 2. The average molecular weight is 424 g/mol. The number of halogens is 1. The van der Waals surface area contributed by atoms with E-state index in [2.05, 4.69) is 9.98 Å². The molecule has 2 heterocycles. The zero-order chi connectivity index (χ0) is 21.2. The summed E-state index contributed by atoms with van der Waals surface area (Å²) < 4.78 is 0. The van der Waals surface area contributed by atoms with Crippen LogP contribution in [0.1, 0.15) is 21.5 Å². The van der Waals surface area contributed by atoms with Crippen molar-refractivity contribution in [2.45, 2.75) is 6.54 Å². The summed E-state index contributed by atoms with van der Waals surface area (Å²) in [6.45, 7) is 0.606. The van der Waals surface area contributed by atoms with Gasteiger partial charge in [0.05, 0.1) is 5.03 Å². The topological polar surface area (TPSA) is 45.0 Å². The third kappa shape index (κ3) is 3.98. The molecule has 0 bridgehead atoms. The van der Waals surface area contributed by atoms with Gasteiger partial charge in [0.25, 0.3) is 5.91 Å². The maximum absolute atomic E-state index is 13.0. The summed E-state index contributed by atoms with van der Waals surface area (Å²) in [5, 5.41) is 0.631. The molecule has 1 amide bonds. The van der Waals surface area contributed by atoms with Crippen molar-refractivity contribution < 1.29 is 4.79 Å². The number of carbonyl (C=O) groups excluding carboxylic acids is 1. The van der Waals surface area contributed by atoms with Crippen LogP contribution in [0.15, 0.2) is 112 Å². The minimum atomic E-state index is -0.324. The van der Waals surface area contributed by atoms with Gasteiger partial charge in [-0.3, -0.25) is 4.79 Å². The average Bonchev–Trinajstić information content (AvgIpc) is 2.96. The van der Waals surface area contributed by atoms with Crippen LogP contribution in [-0.4, -0.2) is 22.5 Å². The number of aliphatic imine (C=N–C) groups is 2. The minimum Gasteiger partial charge on any atom is -0.327 e. The highest BCUT2D eigenvalue weighted by Gasteiger charge is 2.21. The van der Waals surface area contributed by atoms with Crippen LogP contribution in [0.4, 0.5) is 0 Å². The smallest absolute Gasteiger partial charge is 0.279 e. The van der Waals surface area contributed by atoms with Crippen molar-refractivity contribution in [3.8, 4) is 11.1 Å². The van der Waals surface area contributed by atoms with E-state index in [-0.39, 0.29) is 5.91 Å². The van der Waals surface area contributed by atoms with E-state index in [1.165, 1.54) is 0 Å². The third-order valence-electron chi connectivity index (χ3n) is 5.23. The number of benzene rings is 3. The molecule has 0 fully saturated rings. The summed E-state index contributed by atoms with van der Waals surface area (Å²) in [5.74, 6) is 0.781. The second kappa shape index (κ2) is 8.17. The first-order chi connectivity index (χ1) is 15.2. The molecule has 0 spiro atoms. The molecule has 0 radical (unpaired) electrons. The van der Waals surface area contributed by atoms with E-state index in [9.17, 15) is 4.79 Å². The van der Waals surface area contributed by atoms with Crippen LogP contribution in [0.3, 0.4) is 0 Å². The van der Waals surface area contributed by atoms with Gasteiger partial charge in [0.2, 0.25) is 0 Å². The maximum Gasteiger partial charge on any atom is 0.279 e. The van der Waals surface area contributed by atoms with Gasteiger partial charge in [0.15, 0.2) is 5.84 Å². The van der Waals surface area contributed by atoms with Crippen LogP contribution >= 0.6 is 11.6 Å². The van der Waals surface area contributed by atoms with Crippen molar-refractivity contribution in [1.82, 2.24) is 4.90 Å². The van der Waals surface area contributed by atoms with E-state index in [1.54, 1.807) is 18.2 Å². The Balaban J connectivity index is 1.51. The minimum absolute atomic E-state index is 0.324. The highest BCUT2D eigenvalue weighted by atomic mass is 35.5. The zero-order valence-electron chi connectivity index (χ0n) is 16.6. The highest BCUT2D eigenvalue weighted by molar-refractivity contribution is 6.32. The summed E-state index contributed by atoms with van der Waals surface area (Å²) in [6, 6.07) is 25.4. The fraction of sp³-hybridized carbons (Fsp3) is 0.0385. The van der Waals surface area contributed by atoms with Crippen molar-refractivity contribution in [3.05, 3.63) is 119 Å². The molecule has 0 atom stereocenters. The monoisotopic (exact) mass is 423 g/mol. The molecule has 31 heavy (non-hydrogen) atoms. The Labute approximate surface area is 185 Å². The zero-order valence-corrected chi connectivity index (χ0v) is 17.3. The van der Waals surface area contributed by atoms with Crippen LogP contribution in [0.5, 0.6) is 0 Å². The Morgan fingerprint density at radius 3 is 2.39 bits per heavy atom. The van der Waals surface area contributed by atoms with E-state index >= 15 is 0 Å². The molecule has 0 aliphatic carbocycles. The molecule has 3 aromatic rings. The summed E-state index contributed by atoms with van der Waals surface area (Å²) in [4.78, 5) is 24.0. The molecular formula is C26H18ClN3O. The molecule has 2 aliphatic rings. The quantitative estimate of drug-likeness (QED) is 0.522. The van der Waals surface area contributed by atoms with Crippen molar-refractivity contribution in [2.24, 2.45) is 9.98 Å². The number of hydrogen-bond donors (Lipinski definition) is 0. The van der Waals surface area contributed by atoms with E-state index < -0.39 is 0 Å². The summed E-state index contributed by atoms with van der Waals surface area (Å²) in [6.07, 6.45) is 5.46. The number of amidine groups is 2. The lowest BCUT2D eigenvalue weighted by Crippen LogP contribution is -2.25. The van der Waals surface area contributed by atoms with Crippen LogP contribution in [0, 0.1) is 0 Å². The number of amides is 1. The summed E-state index contributed by atoms with van der Waals surface area (Å²) in [5.41, 5.74) is 4.55. The van der Waals surface area contributed by atoms with Gasteiger partial charge in [0, 0.05) is 23.9 Å². The van der Waals surface area contributed by atoms with Gasteiger partial charge in [-0.05, 0) is 41.0 Å². The van der Waals surface area contributed by atoms with Gasteiger partial charge in [-0.25, -0.2) is 4.99 Å². The van der Waals surface area contributed by atoms with Crippen molar-refractivity contribution in [2.75, 3.05) is 0 Å². The van der Waals surface area contributed by atoms with Crippen LogP contribution in [0.25, 0.3) is 11.1 Å². The number of nitrogens with zero attached hydrogens (tertiary/aromatic N) is 3. The highest BCUT2D eigenvalue weighted by Crippen LogP contribution is 2.24. The molecule has 0 saturated heterocycles. The van der Waals surface area contributed by atoms with Gasteiger partial charge >= 0.3 is 0 Å². The predicted octanol–water partition coefficient (Wildman–Crippen LogP) is 5.80. The predicted molar refractivity (Wildman–Crippen MR) is 125 cm³/mol. The fourth-order valence-corrected chi connectivity index (χ4v) is 3.83. The van der Waals surface area contributed by atoms with Crippen molar-refractivity contribution in [1.29, 1.82) is 0 Å². The Kier molecular flexibility index (Phi) is 5.06. The van der Waals surface area contributed by atoms with Gasteiger partial charge in [-0.2, -0.15) is 4.99 Å². The largest absolute Gasteiger partial charge is 0.327 e. The lowest BCUT2D eigenvalue weighted by Gasteiger charge is -2.21. The first-order valence-corrected chi connectivity index (χ1v) is 10.3. The van der Waals surface area contributed by atoms with E-state index in [0.29, 0.717) is 28.8 Å². The van der Waals surface area contributed by atoms with Gasteiger partial charge in [-0.15, -0.1) is 0 Å². The molecule has 5 rings (SSSR count). The molecule has 5 heteroatoms. The van der Waals surface area contributed by atoms with E-state index in [1.807, 2.05) is 83.9 Å². The van der Waals surface area contributed by atoms with E-state index in [0.717, 1.165) is 22.3 Å². The molecule has 2 aliphatic heterocycles. The van der Waals surface area contributed by atoms with Gasteiger partial charge in [-0.1, -0.05) is 78.3 Å². The van der Waals surface area contributed by atoms with Gasteiger partial charge in [0.1, 0.15) is 5.84 Å². The Morgan fingerprint density at radius 2 is 1.58 bits per heavy atom. The number of carbonyl (C=O) groups is 1. The molecule has 0 N–H and O–H groups in total. The summed E-state index contributed by atoms with van der Waals surface area (Å²) >= 11 is 6.17. The second-order valence-electron chi connectivity index (χ2n) is 7.29. The maximum atomic E-state index is 13.0. The van der Waals surface area contributed by atoms with Crippen LogP contribution in [0.2, 0.25) is 0 Å². The van der Waals surface area contributed by atoms with E-state index in [4.69, 9.17) is 11.6 Å². The Morgan fingerprint density at radius 1 is 0.871 bits per heavy atom. The molecule has 0 aromatic heterocycles. The van der Waals surface area contributed by atoms with Crippen molar-refractivity contribution >= 4 is 29.2 Å². The molecule has 0 saturated carbocycles. The first kappa shape index (κ1) is 19.2. The van der Waals surface area contributed by atoms with Crippen LogP contribution < -0.4 is 0 Å². The standard InChI is InChI=1S/C26H18ClN3O/c27-22-14-15-24-28-25(23-9-5-4-8-21(23)16-30(24)17-22)29-26(31)20-12-10-19(11-13-20)18-6-2-1-3-7-18/h1-15,17H,16H2. The number of allylic oxidation sites excluding steroid dienone is 2. The number of hydrogen-bond acceptors (Lipinski definition) is 2. The molecule has 4 nitrogen and oxygen atoms in total. The Bertz CT molecular complexity index is 1270. The Hall–Kier alpha value is -3.76. The normalized spacial score (nSPS) is 16.2. The SMILES string of the molecule is O=C(N=C1N=C2C=CC(Cl)=CN2Cc2ccccc21)c1ccc(-c2ccccc2)cc1. The van der Waals surface area contributed by atoms with Crippen LogP contribution in [-0.2, 0) is 6.54 Å². The molecule has 0 unspecified atom stereocenters.